The van der Waals surface area contributed by atoms with E-state index in [1.54, 1.807) is 6.26 Å². The van der Waals surface area contributed by atoms with Gasteiger partial charge in [-0.3, -0.25) is 14.6 Å². The van der Waals surface area contributed by atoms with E-state index in [-0.39, 0.29) is 12.3 Å². The van der Waals surface area contributed by atoms with E-state index in [2.05, 4.69) is 37.9 Å². The molecule has 2 aromatic carbocycles. The summed E-state index contributed by atoms with van der Waals surface area (Å²) in [5, 5.41) is 2.94. The van der Waals surface area contributed by atoms with Crippen LogP contribution in [0.4, 0.5) is 5.69 Å². The van der Waals surface area contributed by atoms with Crippen molar-refractivity contribution in [1.82, 2.24) is 4.98 Å². The van der Waals surface area contributed by atoms with Gasteiger partial charge < -0.3 is 11.1 Å². The van der Waals surface area contributed by atoms with Crippen LogP contribution < -0.4 is 11.1 Å². The first kappa shape index (κ1) is 28.3. The first-order valence-electron chi connectivity index (χ1n) is 9.82. The van der Waals surface area contributed by atoms with E-state index in [9.17, 15) is 4.79 Å². The Morgan fingerprint density at radius 2 is 1.61 bits per heavy atom. The summed E-state index contributed by atoms with van der Waals surface area (Å²) in [6.07, 6.45) is 2.78. The number of aromatic nitrogens is 1. The fourth-order valence-corrected chi connectivity index (χ4v) is 2.73. The van der Waals surface area contributed by atoms with Gasteiger partial charge in [-0.25, -0.2) is 0 Å². The molecule has 5 nitrogen and oxygen atoms in total. The number of amides is 2. The Kier molecular flexibility index (Phi) is 15.6. The number of hydrogen-bond donors (Lipinski definition) is 3. The molecule has 3 rings (SSSR count). The van der Waals surface area contributed by atoms with E-state index in [0.29, 0.717) is 5.56 Å². The number of hydrogen-bond acceptors (Lipinski definition) is 4. The minimum Gasteiger partial charge on any atom is -0.372 e. The number of aryl methyl sites for hydroxylation is 1. The second-order valence-electron chi connectivity index (χ2n) is 5.70. The molecule has 1 atom stereocenters. The van der Waals surface area contributed by atoms with E-state index in [4.69, 9.17) is 4.79 Å². The Morgan fingerprint density at radius 1 is 1.03 bits per heavy atom. The van der Waals surface area contributed by atoms with E-state index < -0.39 is 0 Å². The molecule has 0 aliphatic carbocycles. The van der Waals surface area contributed by atoms with Crippen molar-refractivity contribution in [1.29, 1.82) is 0 Å². The summed E-state index contributed by atoms with van der Waals surface area (Å²) in [6.45, 7) is 5.93. The van der Waals surface area contributed by atoms with Gasteiger partial charge in [-0.15, -0.1) is 9.24 Å². The number of carbonyl (C=O) groups excluding carboxylic acids is 2. The quantitative estimate of drug-likeness (QED) is 0.280. The van der Waals surface area contributed by atoms with Gasteiger partial charge in [0.15, 0.2) is 0 Å². The zero-order valence-corrected chi connectivity index (χ0v) is 20.6. The number of nitrogens with zero attached hydrogens (tertiary/aromatic N) is 1. The largest absolute Gasteiger partial charge is 0.372 e. The van der Waals surface area contributed by atoms with Crippen LogP contribution in [0.2, 0.25) is 0 Å². The Labute approximate surface area is 193 Å². The topological polar surface area (TPSA) is 85.1 Å². The molecule has 166 valence electrons. The molecular formula is C24H32N3O2PS. The second kappa shape index (κ2) is 17.0. The van der Waals surface area contributed by atoms with Gasteiger partial charge in [-0.2, -0.15) is 12.6 Å². The summed E-state index contributed by atoms with van der Waals surface area (Å²) in [4.78, 5) is 25.5. The lowest BCUT2D eigenvalue weighted by Crippen LogP contribution is -2.13. The molecule has 3 aromatic rings. The molecule has 1 heterocycles. The number of benzene rings is 2. The van der Waals surface area contributed by atoms with Crippen LogP contribution in [0.25, 0.3) is 11.3 Å². The van der Waals surface area contributed by atoms with E-state index in [0.717, 1.165) is 34.4 Å². The Morgan fingerprint density at radius 3 is 2.16 bits per heavy atom. The number of pyridine rings is 1. The first-order chi connectivity index (χ1) is 15.1. The van der Waals surface area contributed by atoms with Crippen molar-refractivity contribution in [2.75, 3.05) is 11.6 Å². The number of carbonyl (C=O) groups is 2. The smallest absolute Gasteiger partial charge is 0.255 e. The number of nitrogens with two attached hydrogens (primary N) is 1. The Hall–Kier alpha value is -2.69. The zero-order chi connectivity index (χ0) is 23.6. The fraction of sp³-hybridized carbons (Fsp3) is 0.208. The van der Waals surface area contributed by atoms with Gasteiger partial charge in [0.25, 0.3) is 5.91 Å². The molecule has 0 radical (unpaired) electrons. The molecule has 0 bridgehead atoms. The molecular weight excluding hydrogens is 425 g/mol. The number of primary amides is 1. The van der Waals surface area contributed by atoms with Crippen LogP contribution in [-0.4, -0.2) is 23.6 Å². The third-order valence-electron chi connectivity index (χ3n) is 3.84. The van der Waals surface area contributed by atoms with Gasteiger partial charge in [0, 0.05) is 28.7 Å². The van der Waals surface area contributed by atoms with Crippen LogP contribution in [0.3, 0.4) is 0 Å². The maximum atomic E-state index is 12.3. The molecule has 3 N–H and O–H groups in total. The van der Waals surface area contributed by atoms with Crippen molar-refractivity contribution in [3.05, 3.63) is 83.6 Å². The van der Waals surface area contributed by atoms with Gasteiger partial charge in [0.2, 0.25) is 6.41 Å². The average molecular weight is 458 g/mol. The summed E-state index contributed by atoms with van der Waals surface area (Å²) in [6, 6.07) is 21.3. The molecule has 2 amide bonds. The number of anilines is 1. The van der Waals surface area contributed by atoms with Gasteiger partial charge >= 0.3 is 0 Å². The minimum absolute atomic E-state index is 0.0935. The normalized spacial score (nSPS) is 8.84. The van der Waals surface area contributed by atoms with Crippen molar-refractivity contribution in [2.45, 2.75) is 26.9 Å². The number of nitrogens with one attached hydrogen (secondary N) is 1. The van der Waals surface area contributed by atoms with Gasteiger partial charge in [-0.1, -0.05) is 50.2 Å². The highest BCUT2D eigenvalue weighted by Gasteiger charge is 2.08. The zero-order valence-electron chi connectivity index (χ0n) is 18.5. The monoisotopic (exact) mass is 457 g/mol. The minimum atomic E-state index is -0.0935. The van der Waals surface area contributed by atoms with Gasteiger partial charge in [0.1, 0.15) is 0 Å². The number of rotatable bonds is 4. The predicted molar refractivity (Wildman–Crippen MR) is 139 cm³/mol. The summed E-state index contributed by atoms with van der Waals surface area (Å²) >= 11 is 3.53. The molecule has 0 spiro atoms. The first-order valence-corrected chi connectivity index (χ1v) is 11.5. The Balaban J connectivity index is 0.00000116. The Bertz CT molecular complexity index is 919. The summed E-state index contributed by atoms with van der Waals surface area (Å²) in [7, 11) is 2.68. The molecule has 0 saturated heterocycles. The van der Waals surface area contributed by atoms with Crippen molar-refractivity contribution >= 4 is 39.9 Å². The maximum absolute atomic E-state index is 12.3. The molecule has 31 heavy (non-hydrogen) atoms. The lowest BCUT2D eigenvalue weighted by molar-refractivity contribution is -0.106. The van der Waals surface area contributed by atoms with Crippen LogP contribution in [0.5, 0.6) is 0 Å². The van der Waals surface area contributed by atoms with Crippen LogP contribution in [0.15, 0.2) is 66.7 Å². The average Bonchev–Trinajstić information content (AvgIpc) is 2.83. The van der Waals surface area contributed by atoms with Crippen LogP contribution in [-0.2, 0) is 11.0 Å². The highest BCUT2D eigenvalue weighted by Crippen LogP contribution is 2.21. The molecule has 7 heteroatoms. The molecule has 0 fully saturated rings. The van der Waals surface area contributed by atoms with Gasteiger partial charge in [0.05, 0.1) is 5.69 Å². The third-order valence-corrected chi connectivity index (χ3v) is 4.26. The highest BCUT2D eigenvalue weighted by molar-refractivity contribution is 7.79. The van der Waals surface area contributed by atoms with Crippen molar-refractivity contribution in [3.8, 4) is 11.3 Å². The SMILES string of the molecule is CC.CS.Cc1ccccc1C(=O)Nc1ccc(-c2cccc(CP)n2)cc1.NC=O. The van der Waals surface area contributed by atoms with Crippen LogP contribution in [0.1, 0.15) is 35.5 Å². The third kappa shape index (κ3) is 9.77. The maximum Gasteiger partial charge on any atom is 0.255 e. The molecule has 0 saturated carbocycles. The lowest BCUT2D eigenvalue weighted by atomic mass is 10.1. The summed E-state index contributed by atoms with van der Waals surface area (Å²) < 4.78 is 0. The van der Waals surface area contributed by atoms with Gasteiger partial charge in [-0.05, 0) is 49.1 Å². The summed E-state index contributed by atoms with van der Waals surface area (Å²) in [5.74, 6) is -0.0935. The highest BCUT2D eigenvalue weighted by atomic mass is 32.1. The van der Waals surface area contributed by atoms with Crippen molar-refractivity contribution < 1.29 is 9.59 Å². The molecule has 1 unspecified atom stereocenters. The van der Waals surface area contributed by atoms with Crippen LogP contribution in [0, 0.1) is 6.92 Å². The fourth-order valence-electron chi connectivity index (χ4n) is 2.50. The molecule has 1 aromatic heterocycles. The van der Waals surface area contributed by atoms with Crippen LogP contribution >= 0.6 is 21.9 Å². The standard InChI is InChI=1S/C20H19N2OP.C2H6.CH3NO.CH4S/c1-14-5-2-3-7-18(14)20(23)22-16-11-9-15(10-12-16)19-8-4-6-17(13-24)21-19;1-2;2-1-3;1-2/h2-12H,13,24H2,1H3,(H,22,23);1-2H3;1H,(H2,2,3);2H,1H3. The van der Waals surface area contributed by atoms with E-state index in [1.165, 1.54) is 0 Å². The predicted octanol–water partition coefficient (Wildman–Crippen LogP) is 5.36. The van der Waals surface area contributed by atoms with Crippen molar-refractivity contribution in [3.63, 3.8) is 0 Å². The van der Waals surface area contributed by atoms with Crippen molar-refractivity contribution in [2.24, 2.45) is 5.73 Å². The second-order valence-corrected chi connectivity index (χ2v) is 6.11. The molecule has 0 aliphatic heterocycles. The lowest BCUT2D eigenvalue weighted by Gasteiger charge is -2.09. The molecule has 0 aliphatic rings. The summed E-state index contributed by atoms with van der Waals surface area (Å²) in [5.41, 5.74) is 9.60. The number of thiol groups is 1. The van der Waals surface area contributed by atoms with E-state index in [1.807, 2.05) is 87.5 Å². The van der Waals surface area contributed by atoms with E-state index >= 15 is 0 Å².